The van der Waals surface area contributed by atoms with E-state index in [1.54, 1.807) is 66.5 Å². The predicted molar refractivity (Wildman–Crippen MR) is 183 cm³/mol. The maximum absolute atomic E-state index is 13.4. The lowest BCUT2D eigenvalue weighted by Crippen LogP contribution is -2.39. The van der Waals surface area contributed by atoms with Crippen LogP contribution in [-0.4, -0.2) is 51.0 Å². The molecule has 0 radical (unpaired) electrons. The Bertz CT molecular complexity index is 1900. The van der Waals surface area contributed by atoms with Crippen LogP contribution in [0.3, 0.4) is 0 Å². The molecule has 2 N–H and O–H groups in total. The van der Waals surface area contributed by atoms with Crippen LogP contribution in [0.15, 0.2) is 34.9 Å². The number of alkyl halides is 3. The van der Waals surface area contributed by atoms with Crippen molar-refractivity contribution in [1.82, 2.24) is 20.0 Å². The molecule has 4 aromatic rings. The highest BCUT2D eigenvalue weighted by molar-refractivity contribution is 6.40. The Kier molecular flexibility index (Phi) is 9.67. The second kappa shape index (κ2) is 13.1. The van der Waals surface area contributed by atoms with Crippen LogP contribution in [0, 0.1) is 11.3 Å². The van der Waals surface area contributed by atoms with Crippen molar-refractivity contribution < 1.29 is 32.4 Å². The monoisotopic (exact) mass is 722 g/mol. The first-order chi connectivity index (χ1) is 22.7. The number of piperidine rings is 1. The quantitative estimate of drug-likeness (QED) is 0.195. The summed E-state index contributed by atoms with van der Waals surface area (Å²) in [6.07, 6.45) is -4.59. The van der Waals surface area contributed by atoms with E-state index in [9.17, 15) is 27.9 Å². The molecule has 0 unspecified atom stereocenters. The average molecular weight is 724 g/mol. The SMILES string of the molecule is Cn1c(N(c2cc(C(C)(C)C)no2)c2c(Cl)ccc(CNC(=O)C(C)(C)C)c2Cl)nc2cc(C(=O)O)c(N3CCC(C(F)(F)F)CC3)cc21. The van der Waals surface area contributed by atoms with Crippen molar-refractivity contribution in [1.29, 1.82) is 0 Å². The van der Waals surface area contributed by atoms with Gasteiger partial charge < -0.3 is 24.4 Å². The Balaban J connectivity index is 1.66. The van der Waals surface area contributed by atoms with E-state index < -0.39 is 28.9 Å². The fourth-order valence-corrected chi connectivity index (χ4v) is 6.30. The number of anilines is 4. The van der Waals surface area contributed by atoms with Gasteiger partial charge in [-0.1, -0.05) is 76.0 Å². The van der Waals surface area contributed by atoms with Gasteiger partial charge in [0.05, 0.1) is 49.6 Å². The number of carboxylic acids is 1. The van der Waals surface area contributed by atoms with E-state index in [0.29, 0.717) is 28.0 Å². The van der Waals surface area contributed by atoms with Gasteiger partial charge in [-0.2, -0.15) is 13.2 Å². The summed E-state index contributed by atoms with van der Waals surface area (Å²) in [6.45, 7) is 11.5. The molecule has 1 aliphatic rings. The number of aromatic nitrogens is 3. The van der Waals surface area contributed by atoms with Crippen LogP contribution in [0.2, 0.25) is 10.0 Å². The number of fused-ring (bicyclic) bond motifs is 1. The summed E-state index contributed by atoms with van der Waals surface area (Å²) < 4.78 is 47.7. The zero-order valence-electron chi connectivity index (χ0n) is 28.3. The second-order valence-corrected chi connectivity index (χ2v) is 15.2. The number of nitrogens with zero attached hydrogens (tertiary/aromatic N) is 5. The van der Waals surface area contributed by atoms with Gasteiger partial charge in [0.25, 0.3) is 0 Å². The van der Waals surface area contributed by atoms with Gasteiger partial charge in [-0.05, 0) is 36.6 Å². The van der Waals surface area contributed by atoms with E-state index in [2.05, 4.69) is 10.5 Å². The van der Waals surface area contributed by atoms with Crippen LogP contribution < -0.4 is 15.1 Å². The van der Waals surface area contributed by atoms with Crippen molar-refractivity contribution >= 4 is 69.3 Å². The van der Waals surface area contributed by atoms with E-state index in [0.717, 1.165) is 0 Å². The third kappa shape index (κ3) is 7.33. The number of aromatic carboxylic acids is 1. The van der Waals surface area contributed by atoms with Crippen LogP contribution in [0.5, 0.6) is 0 Å². The zero-order valence-corrected chi connectivity index (χ0v) is 29.8. The minimum absolute atomic E-state index is 0.0458. The molecule has 1 fully saturated rings. The van der Waals surface area contributed by atoms with Gasteiger partial charge in [-0.25, -0.2) is 14.7 Å². The Morgan fingerprint density at radius 1 is 1.06 bits per heavy atom. The minimum Gasteiger partial charge on any atom is -0.478 e. The Morgan fingerprint density at radius 3 is 2.27 bits per heavy atom. The van der Waals surface area contributed by atoms with E-state index in [-0.39, 0.29) is 71.5 Å². The van der Waals surface area contributed by atoms with Gasteiger partial charge in [0.15, 0.2) is 0 Å². The van der Waals surface area contributed by atoms with Crippen molar-refractivity contribution in [3.05, 3.63) is 57.2 Å². The molecular formula is C34H39Cl2F3N6O4. The normalized spacial score (nSPS) is 14.8. The standard InChI is InChI=1S/C34H39Cl2F3N6O4/c1-32(2,3)25-16-26(49-42-25)45(28-21(35)9-8-18(27(28)36)17-40-30(48)33(4,5)6)31-41-22-14-20(29(46)47)23(15-24(22)43(31)7)44-12-10-19(11-13-44)34(37,38)39/h8-9,14-16,19H,10-13,17H2,1-7H3,(H,40,48)(H,46,47). The van der Waals surface area contributed by atoms with Gasteiger partial charge in [0.1, 0.15) is 0 Å². The van der Waals surface area contributed by atoms with Crippen molar-refractivity contribution in [2.75, 3.05) is 22.9 Å². The number of carboxylic acid groups (broad SMARTS) is 1. The lowest BCUT2D eigenvalue weighted by molar-refractivity contribution is -0.179. The highest BCUT2D eigenvalue weighted by atomic mass is 35.5. The number of carbonyl (C=O) groups excluding carboxylic acids is 1. The predicted octanol–water partition coefficient (Wildman–Crippen LogP) is 8.77. The lowest BCUT2D eigenvalue weighted by atomic mass is 9.92. The molecule has 49 heavy (non-hydrogen) atoms. The molecule has 1 amide bonds. The van der Waals surface area contributed by atoms with Gasteiger partial charge >= 0.3 is 12.1 Å². The fraction of sp³-hybridized carbons (Fsp3) is 0.471. The molecule has 1 aliphatic heterocycles. The molecule has 2 aromatic carbocycles. The van der Waals surface area contributed by atoms with Gasteiger partial charge in [-0.15, -0.1) is 0 Å². The third-order valence-corrected chi connectivity index (χ3v) is 9.41. The number of imidazole rings is 1. The molecule has 0 atom stereocenters. The number of aryl methyl sites for hydroxylation is 1. The van der Waals surface area contributed by atoms with Crippen molar-refractivity contribution in [2.24, 2.45) is 18.4 Å². The highest BCUT2D eigenvalue weighted by Gasteiger charge is 2.41. The van der Waals surface area contributed by atoms with Crippen molar-refractivity contribution in [3.8, 4) is 0 Å². The van der Waals surface area contributed by atoms with Crippen LogP contribution in [0.1, 0.15) is 76.0 Å². The zero-order chi connectivity index (χ0) is 36.2. The third-order valence-electron chi connectivity index (χ3n) is 8.68. The van der Waals surface area contributed by atoms with Crippen molar-refractivity contribution in [2.45, 2.75) is 72.5 Å². The molecule has 0 spiro atoms. The highest BCUT2D eigenvalue weighted by Crippen LogP contribution is 2.46. The Labute approximate surface area is 292 Å². The molecule has 3 heterocycles. The van der Waals surface area contributed by atoms with Gasteiger partial charge in [0.2, 0.25) is 17.7 Å². The van der Waals surface area contributed by atoms with E-state index in [4.69, 9.17) is 32.7 Å². The molecule has 5 rings (SSSR count). The first-order valence-electron chi connectivity index (χ1n) is 15.8. The second-order valence-electron chi connectivity index (χ2n) is 14.4. The number of nitrogens with one attached hydrogen (secondary N) is 1. The Hall–Kier alpha value is -3.97. The van der Waals surface area contributed by atoms with Crippen LogP contribution in [-0.2, 0) is 23.8 Å². The van der Waals surface area contributed by atoms with Crippen LogP contribution >= 0.6 is 23.2 Å². The molecular weight excluding hydrogens is 684 g/mol. The summed E-state index contributed by atoms with van der Waals surface area (Å²) >= 11 is 13.9. The van der Waals surface area contributed by atoms with Gasteiger partial charge in [0, 0.05) is 43.6 Å². The molecule has 2 aromatic heterocycles. The van der Waals surface area contributed by atoms with Crippen molar-refractivity contribution in [3.63, 3.8) is 0 Å². The largest absolute Gasteiger partial charge is 0.478 e. The number of benzene rings is 2. The number of amides is 1. The van der Waals surface area contributed by atoms with E-state index >= 15 is 0 Å². The molecule has 264 valence electrons. The number of hydrogen-bond donors (Lipinski definition) is 2. The summed E-state index contributed by atoms with van der Waals surface area (Å²) in [5.41, 5.74) is 1.48. The molecule has 1 saturated heterocycles. The number of hydrogen-bond acceptors (Lipinski definition) is 7. The van der Waals surface area contributed by atoms with E-state index in [1.165, 1.54) is 6.07 Å². The molecule has 0 aliphatic carbocycles. The summed E-state index contributed by atoms with van der Waals surface area (Å²) in [5, 5.41) is 17.8. The van der Waals surface area contributed by atoms with E-state index in [1.807, 2.05) is 20.8 Å². The topological polar surface area (TPSA) is 117 Å². The molecule has 10 nitrogen and oxygen atoms in total. The summed E-state index contributed by atoms with van der Waals surface area (Å²) in [7, 11) is 1.72. The molecule has 0 saturated carbocycles. The molecule has 0 bridgehead atoms. The fourth-order valence-electron chi connectivity index (χ4n) is 5.69. The van der Waals surface area contributed by atoms with Crippen LogP contribution in [0.4, 0.5) is 36.4 Å². The van der Waals surface area contributed by atoms with Crippen LogP contribution in [0.25, 0.3) is 11.0 Å². The van der Waals surface area contributed by atoms with Gasteiger partial charge in [-0.3, -0.25) is 4.79 Å². The first-order valence-corrected chi connectivity index (χ1v) is 16.5. The lowest BCUT2D eigenvalue weighted by Gasteiger charge is -2.35. The summed E-state index contributed by atoms with van der Waals surface area (Å²) in [5.74, 6) is -2.39. The molecule has 15 heteroatoms. The minimum atomic E-state index is -4.31. The Morgan fingerprint density at radius 2 is 1.71 bits per heavy atom. The average Bonchev–Trinajstić information content (AvgIpc) is 3.62. The maximum atomic E-state index is 13.4. The number of halogens is 5. The summed E-state index contributed by atoms with van der Waals surface area (Å²) in [4.78, 5) is 33.2. The smallest absolute Gasteiger partial charge is 0.391 e. The first kappa shape index (κ1) is 36.3. The number of carbonyl (C=O) groups is 2. The summed E-state index contributed by atoms with van der Waals surface area (Å²) in [6, 6.07) is 8.12. The number of rotatable bonds is 7. The maximum Gasteiger partial charge on any atom is 0.391 e.